The molecule has 0 saturated heterocycles. The molecule has 0 amide bonds. The van der Waals surface area contributed by atoms with Crippen molar-refractivity contribution in [2.24, 2.45) is 0 Å². The number of carbonyl (C=O) groups is 2. The van der Waals surface area contributed by atoms with Crippen molar-refractivity contribution in [3.8, 4) is 0 Å². The molecule has 0 bridgehead atoms. The Morgan fingerprint density at radius 3 is 2.00 bits per heavy atom. The minimum atomic E-state index is -1.22. The molecular formula is C25H46N2O6. The SMILES string of the molecule is CCCCCCCC/C(=C/CCCCCCCC(=O)OC(CC(=O)[O-])C[N+](C)(C)C)[N+](=O)[O-]. The lowest BCUT2D eigenvalue weighted by molar-refractivity contribution is -0.873. The fraction of sp³-hybridized carbons (Fsp3) is 0.840. The van der Waals surface area contributed by atoms with Crippen LogP contribution in [0.5, 0.6) is 0 Å². The zero-order valence-corrected chi connectivity index (χ0v) is 21.3. The molecule has 1 unspecified atom stereocenters. The molecule has 0 aliphatic carbocycles. The smallest absolute Gasteiger partial charge is 0.306 e. The summed E-state index contributed by atoms with van der Waals surface area (Å²) in [5.41, 5.74) is 0.341. The monoisotopic (exact) mass is 470 g/mol. The standard InChI is InChI=1S/C25H46N2O6/c1-5-6-7-8-11-14-17-22(26(31)32)18-15-12-9-10-13-16-19-25(30)33-23(20-24(28)29)21-27(2,3)4/h18,23H,5-17,19-21H2,1-4H3/b22-18-. The first-order valence-corrected chi connectivity index (χ1v) is 12.6. The number of carboxylic acid groups (broad SMARTS) is 1. The second-order valence-corrected chi connectivity index (χ2v) is 9.94. The van der Waals surface area contributed by atoms with Gasteiger partial charge >= 0.3 is 5.97 Å². The van der Waals surface area contributed by atoms with Crippen LogP contribution in [0.15, 0.2) is 11.8 Å². The Balaban J connectivity index is 4.01. The Labute approximate surface area is 200 Å². The first kappa shape index (κ1) is 31.0. The highest BCUT2D eigenvalue weighted by atomic mass is 16.6. The molecule has 0 fully saturated rings. The largest absolute Gasteiger partial charge is 0.550 e. The normalized spacial score (nSPS) is 13.0. The maximum Gasteiger partial charge on any atom is 0.306 e. The molecular weight excluding hydrogens is 424 g/mol. The molecule has 192 valence electrons. The Morgan fingerprint density at radius 1 is 0.909 bits per heavy atom. The van der Waals surface area contributed by atoms with Gasteiger partial charge in [0.15, 0.2) is 6.10 Å². The Morgan fingerprint density at radius 2 is 1.45 bits per heavy atom. The molecule has 0 aliphatic rings. The van der Waals surface area contributed by atoms with Gasteiger partial charge in [0.1, 0.15) is 6.54 Å². The lowest BCUT2D eigenvalue weighted by Gasteiger charge is -2.29. The van der Waals surface area contributed by atoms with Gasteiger partial charge in [-0.25, -0.2) is 0 Å². The van der Waals surface area contributed by atoms with Gasteiger partial charge in [-0.15, -0.1) is 0 Å². The van der Waals surface area contributed by atoms with Crippen molar-refractivity contribution in [2.45, 2.75) is 109 Å². The number of hydrogen-bond donors (Lipinski definition) is 0. The van der Waals surface area contributed by atoms with Crippen LogP contribution in [0.1, 0.15) is 103 Å². The fourth-order valence-corrected chi connectivity index (χ4v) is 3.75. The summed E-state index contributed by atoms with van der Waals surface area (Å²) in [6.45, 7) is 2.59. The summed E-state index contributed by atoms with van der Waals surface area (Å²) in [5, 5.41) is 22.1. The fourth-order valence-electron chi connectivity index (χ4n) is 3.75. The van der Waals surface area contributed by atoms with Crippen molar-refractivity contribution >= 4 is 11.9 Å². The zero-order valence-electron chi connectivity index (χ0n) is 21.3. The van der Waals surface area contributed by atoms with Crippen LogP contribution in [-0.2, 0) is 14.3 Å². The highest BCUT2D eigenvalue weighted by molar-refractivity contribution is 5.70. The van der Waals surface area contributed by atoms with Gasteiger partial charge in [-0.05, 0) is 31.8 Å². The number of nitrogens with zero attached hydrogens (tertiary/aromatic N) is 2. The van der Waals surface area contributed by atoms with Gasteiger partial charge in [0.25, 0.3) is 0 Å². The summed E-state index contributed by atoms with van der Waals surface area (Å²) in [7, 11) is 5.73. The minimum Gasteiger partial charge on any atom is -0.550 e. The molecule has 0 aliphatic heterocycles. The number of carboxylic acids is 1. The van der Waals surface area contributed by atoms with Gasteiger partial charge in [0.05, 0.1) is 26.1 Å². The van der Waals surface area contributed by atoms with E-state index in [1.165, 1.54) is 19.3 Å². The van der Waals surface area contributed by atoms with Crippen molar-refractivity contribution in [1.29, 1.82) is 0 Å². The third-order valence-electron chi connectivity index (χ3n) is 5.43. The number of carbonyl (C=O) groups excluding carboxylic acids is 2. The van der Waals surface area contributed by atoms with Crippen LogP contribution in [0.3, 0.4) is 0 Å². The van der Waals surface area contributed by atoms with E-state index in [9.17, 15) is 24.8 Å². The molecule has 1 atom stereocenters. The summed E-state index contributed by atoms with van der Waals surface area (Å²) < 4.78 is 5.84. The second-order valence-electron chi connectivity index (χ2n) is 9.94. The summed E-state index contributed by atoms with van der Waals surface area (Å²) in [5.74, 6) is -1.59. The number of likely N-dealkylation sites (N-methyl/N-ethyl adjacent to an activating group) is 1. The van der Waals surface area contributed by atoms with E-state index in [1.807, 2.05) is 21.1 Å². The summed E-state index contributed by atoms with van der Waals surface area (Å²) in [4.78, 5) is 33.9. The van der Waals surface area contributed by atoms with Crippen LogP contribution in [0.2, 0.25) is 0 Å². The van der Waals surface area contributed by atoms with Gasteiger partial charge in [-0.2, -0.15) is 0 Å². The van der Waals surface area contributed by atoms with E-state index in [0.29, 0.717) is 36.0 Å². The third-order valence-corrected chi connectivity index (χ3v) is 5.43. The van der Waals surface area contributed by atoms with Crippen molar-refractivity contribution in [3.05, 3.63) is 21.9 Å². The number of nitro groups is 1. The van der Waals surface area contributed by atoms with E-state index in [-0.39, 0.29) is 23.7 Å². The summed E-state index contributed by atoms with van der Waals surface area (Å²) in [6, 6.07) is 0. The minimum absolute atomic E-state index is 0.246. The maximum atomic E-state index is 12.0. The predicted molar refractivity (Wildman–Crippen MR) is 128 cm³/mol. The molecule has 0 heterocycles. The molecule has 33 heavy (non-hydrogen) atoms. The Kier molecular flexibility index (Phi) is 17.4. The van der Waals surface area contributed by atoms with Crippen molar-refractivity contribution in [2.75, 3.05) is 27.7 Å². The van der Waals surface area contributed by atoms with E-state index in [4.69, 9.17) is 4.74 Å². The van der Waals surface area contributed by atoms with Crippen LogP contribution in [0, 0.1) is 10.1 Å². The highest BCUT2D eigenvalue weighted by Gasteiger charge is 2.22. The molecule has 0 aromatic heterocycles. The van der Waals surface area contributed by atoms with Crippen molar-refractivity contribution in [1.82, 2.24) is 0 Å². The first-order valence-electron chi connectivity index (χ1n) is 12.6. The van der Waals surface area contributed by atoms with Crippen LogP contribution in [0.4, 0.5) is 0 Å². The van der Waals surface area contributed by atoms with Crippen molar-refractivity contribution < 1.29 is 28.8 Å². The van der Waals surface area contributed by atoms with Gasteiger partial charge < -0.3 is 19.1 Å². The lowest BCUT2D eigenvalue weighted by Crippen LogP contribution is -2.45. The van der Waals surface area contributed by atoms with Gasteiger partial charge in [0, 0.05) is 25.2 Å². The molecule has 0 saturated carbocycles. The number of ether oxygens (including phenoxy) is 1. The van der Waals surface area contributed by atoms with Crippen LogP contribution in [0.25, 0.3) is 0 Å². The molecule has 0 N–H and O–H groups in total. The number of unbranched alkanes of at least 4 members (excludes halogenated alkanes) is 10. The summed E-state index contributed by atoms with van der Waals surface area (Å²) in [6.07, 6.45) is 13.4. The molecule has 0 aromatic rings. The van der Waals surface area contributed by atoms with Gasteiger partial charge in [0.2, 0.25) is 5.70 Å². The van der Waals surface area contributed by atoms with Crippen LogP contribution >= 0.6 is 0 Å². The second kappa shape index (κ2) is 18.5. The van der Waals surface area contributed by atoms with Crippen LogP contribution in [-0.4, -0.2) is 55.1 Å². The number of rotatable bonds is 21. The first-order chi connectivity index (χ1) is 15.5. The molecule has 8 nitrogen and oxygen atoms in total. The number of quaternary nitrogens is 1. The summed E-state index contributed by atoms with van der Waals surface area (Å²) >= 11 is 0. The highest BCUT2D eigenvalue weighted by Crippen LogP contribution is 2.15. The molecule has 8 heteroatoms. The van der Waals surface area contributed by atoms with Gasteiger partial charge in [-0.1, -0.05) is 58.3 Å². The lowest BCUT2D eigenvalue weighted by atomic mass is 10.1. The van der Waals surface area contributed by atoms with Gasteiger partial charge in [-0.3, -0.25) is 14.9 Å². The Hall–Kier alpha value is -1.96. The van der Waals surface area contributed by atoms with Crippen molar-refractivity contribution in [3.63, 3.8) is 0 Å². The van der Waals surface area contributed by atoms with E-state index < -0.39 is 12.1 Å². The number of allylic oxidation sites excluding steroid dienone is 2. The average molecular weight is 471 g/mol. The topological polar surface area (TPSA) is 110 Å². The third kappa shape index (κ3) is 20.4. The molecule has 0 aromatic carbocycles. The molecule has 0 rings (SSSR count). The van der Waals surface area contributed by atoms with Crippen LogP contribution < -0.4 is 5.11 Å². The number of esters is 1. The van der Waals surface area contributed by atoms with E-state index in [1.54, 1.807) is 6.08 Å². The maximum absolute atomic E-state index is 12.0. The predicted octanol–water partition coefficient (Wildman–Crippen LogP) is 4.39. The Bertz CT molecular complexity index is 598. The van der Waals surface area contributed by atoms with E-state index >= 15 is 0 Å². The molecule has 0 radical (unpaired) electrons. The number of hydrogen-bond acceptors (Lipinski definition) is 6. The van der Waals surface area contributed by atoms with E-state index in [0.717, 1.165) is 44.9 Å². The van der Waals surface area contributed by atoms with E-state index in [2.05, 4.69) is 6.92 Å². The molecule has 0 spiro atoms. The zero-order chi connectivity index (χ0) is 25.1. The quantitative estimate of drug-likeness (QED) is 0.0809. The average Bonchev–Trinajstić information content (AvgIpc) is 2.68. The number of aliphatic carboxylic acids is 1.